The van der Waals surface area contributed by atoms with Crippen LogP contribution in [0.5, 0.6) is 5.75 Å². The van der Waals surface area contributed by atoms with E-state index in [1.165, 1.54) is 0 Å². The molecule has 4 nitrogen and oxygen atoms in total. The summed E-state index contributed by atoms with van der Waals surface area (Å²) in [7, 11) is 1.57. The van der Waals surface area contributed by atoms with Gasteiger partial charge < -0.3 is 15.4 Å². The third-order valence-corrected chi connectivity index (χ3v) is 3.31. The normalized spacial score (nSPS) is 12.0. The number of hydrogen-bond acceptors (Lipinski definition) is 3. The second-order valence-electron chi connectivity index (χ2n) is 4.85. The van der Waals surface area contributed by atoms with Gasteiger partial charge in [0.15, 0.2) is 0 Å². The summed E-state index contributed by atoms with van der Waals surface area (Å²) in [6.07, 6.45) is 1.06. The maximum Gasteiger partial charge on any atom is 0.254 e. The monoisotopic (exact) mass is 264 g/mol. The van der Waals surface area contributed by atoms with Crippen LogP contribution >= 0.6 is 0 Å². The first-order valence-corrected chi connectivity index (χ1v) is 6.75. The molecule has 0 aromatic heterocycles. The van der Waals surface area contributed by atoms with E-state index in [1.807, 2.05) is 11.8 Å². The number of hydrogen-bond donors (Lipinski definition) is 1. The standard InChI is InChI=1S/C15H24N2O2/c1-5-11(3)10-17(6-2)15(18)12-7-13(16)9-14(8-12)19-4/h7-9,11H,5-6,10,16H2,1-4H3. The van der Waals surface area contributed by atoms with Crippen LogP contribution in [0.2, 0.25) is 0 Å². The van der Waals surface area contributed by atoms with E-state index in [0.29, 0.717) is 29.5 Å². The summed E-state index contributed by atoms with van der Waals surface area (Å²) in [6, 6.07) is 5.14. The largest absolute Gasteiger partial charge is 0.497 e. The van der Waals surface area contributed by atoms with Crippen molar-refractivity contribution in [2.75, 3.05) is 25.9 Å². The van der Waals surface area contributed by atoms with Crippen LogP contribution in [0.3, 0.4) is 0 Å². The zero-order chi connectivity index (χ0) is 14.4. The smallest absolute Gasteiger partial charge is 0.254 e. The molecule has 4 heteroatoms. The van der Waals surface area contributed by atoms with Gasteiger partial charge in [0, 0.05) is 30.4 Å². The third-order valence-electron chi connectivity index (χ3n) is 3.31. The summed E-state index contributed by atoms with van der Waals surface area (Å²) < 4.78 is 5.15. The first kappa shape index (κ1) is 15.3. The van der Waals surface area contributed by atoms with Crippen molar-refractivity contribution in [2.24, 2.45) is 5.92 Å². The SMILES string of the molecule is CCC(C)CN(CC)C(=O)c1cc(N)cc(OC)c1. The lowest BCUT2D eigenvalue weighted by atomic mass is 10.1. The predicted molar refractivity (Wildman–Crippen MR) is 78.4 cm³/mol. The highest BCUT2D eigenvalue weighted by Crippen LogP contribution is 2.20. The van der Waals surface area contributed by atoms with Gasteiger partial charge in [0.2, 0.25) is 0 Å². The molecule has 1 rings (SSSR count). The van der Waals surface area contributed by atoms with E-state index in [2.05, 4.69) is 13.8 Å². The Morgan fingerprint density at radius 3 is 2.58 bits per heavy atom. The van der Waals surface area contributed by atoms with Crippen molar-refractivity contribution >= 4 is 11.6 Å². The van der Waals surface area contributed by atoms with Crippen LogP contribution in [-0.4, -0.2) is 31.0 Å². The minimum absolute atomic E-state index is 0.00778. The molecule has 19 heavy (non-hydrogen) atoms. The van der Waals surface area contributed by atoms with E-state index >= 15 is 0 Å². The van der Waals surface area contributed by atoms with Gasteiger partial charge in [-0.05, 0) is 25.0 Å². The first-order chi connectivity index (χ1) is 9.01. The molecule has 0 radical (unpaired) electrons. The van der Waals surface area contributed by atoms with Crippen LogP contribution in [0, 0.1) is 5.92 Å². The number of carbonyl (C=O) groups excluding carboxylic acids is 1. The molecule has 0 saturated carbocycles. The van der Waals surface area contributed by atoms with Gasteiger partial charge in [-0.25, -0.2) is 0 Å². The van der Waals surface area contributed by atoms with Crippen molar-refractivity contribution in [3.63, 3.8) is 0 Å². The van der Waals surface area contributed by atoms with Gasteiger partial charge in [0.05, 0.1) is 7.11 Å². The summed E-state index contributed by atoms with van der Waals surface area (Å²) in [6.45, 7) is 7.73. The summed E-state index contributed by atoms with van der Waals surface area (Å²) in [5.74, 6) is 1.11. The molecule has 1 aromatic rings. The average Bonchev–Trinajstić information content (AvgIpc) is 2.42. The predicted octanol–water partition coefficient (Wildman–Crippen LogP) is 2.79. The maximum absolute atomic E-state index is 12.5. The lowest BCUT2D eigenvalue weighted by molar-refractivity contribution is 0.0740. The molecule has 106 valence electrons. The second kappa shape index (κ2) is 7.02. The molecular formula is C15H24N2O2. The fourth-order valence-corrected chi connectivity index (χ4v) is 1.91. The Balaban J connectivity index is 2.93. The highest BCUT2D eigenvalue weighted by molar-refractivity contribution is 5.95. The van der Waals surface area contributed by atoms with E-state index in [9.17, 15) is 4.79 Å². The molecule has 1 atom stereocenters. The number of benzene rings is 1. The zero-order valence-electron chi connectivity index (χ0n) is 12.3. The molecular weight excluding hydrogens is 240 g/mol. The van der Waals surface area contributed by atoms with Crippen LogP contribution in [-0.2, 0) is 0 Å². The fourth-order valence-electron chi connectivity index (χ4n) is 1.91. The number of amides is 1. The number of ether oxygens (including phenoxy) is 1. The molecule has 0 bridgehead atoms. The number of carbonyl (C=O) groups is 1. The van der Waals surface area contributed by atoms with Gasteiger partial charge in [-0.1, -0.05) is 20.3 Å². The molecule has 1 aromatic carbocycles. The van der Waals surface area contributed by atoms with Crippen molar-refractivity contribution < 1.29 is 9.53 Å². The van der Waals surface area contributed by atoms with Crippen LogP contribution in [0.4, 0.5) is 5.69 Å². The molecule has 2 N–H and O–H groups in total. The van der Waals surface area contributed by atoms with Crippen molar-refractivity contribution in [3.8, 4) is 5.75 Å². The minimum atomic E-state index is 0.00778. The molecule has 0 heterocycles. The van der Waals surface area contributed by atoms with Crippen LogP contribution in [0.25, 0.3) is 0 Å². The zero-order valence-corrected chi connectivity index (χ0v) is 12.3. The van der Waals surface area contributed by atoms with E-state index in [4.69, 9.17) is 10.5 Å². The molecule has 0 aliphatic rings. The van der Waals surface area contributed by atoms with Gasteiger partial charge in [0.25, 0.3) is 5.91 Å². The molecule has 0 aliphatic carbocycles. The second-order valence-corrected chi connectivity index (χ2v) is 4.85. The van der Waals surface area contributed by atoms with Gasteiger partial charge in [-0.3, -0.25) is 4.79 Å². The third kappa shape index (κ3) is 4.16. The molecule has 1 unspecified atom stereocenters. The highest BCUT2D eigenvalue weighted by Gasteiger charge is 2.17. The van der Waals surface area contributed by atoms with Crippen LogP contribution < -0.4 is 10.5 Å². The molecule has 1 amide bonds. The Kier molecular flexibility index (Phi) is 5.67. The number of methoxy groups -OCH3 is 1. The van der Waals surface area contributed by atoms with E-state index < -0.39 is 0 Å². The molecule has 0 spiro atoms. The molecule has 0 fully saturated rings. The lowest BCUT2D eigenvalue weighted by Gasteiger charge is -2.24. The number of anilines is 1. The van der Waals surface area contributed by atoms with Crippen molar-refractivity contribution in [1.82, 2.24) is 4.90 Å². The Morgan fingerprint density at radius 2 is 2.05 bits per heavy atom. The number of rotatable bonds is 6. The summed E-state index contributed by atoms with van der Waals surface area (Å²) >= 11 is 0. The van der Waals surface area contributed by atoms with Crippen molar-refractivity contribution in [2.45, 2.75) is 27.2 Å². The van der Waals surface area contributed by atoms with Gasteiger partial charge >= 0.3 is 0 Å². The highest BCUT2D eigenvalue weighted by atomic mass is 16.5. The van der Waals surface area contributed by atoms with Crippen molar-refractivity contribution in [1.29, 1.82) is 0 Å². The Labute approximate surface area is 115 Å². The van der Waals surface area contributed by atoms with Crippen LogP contribution in [0.15, 0.2) is 18.2 Å². The van der Waals surface area contributed by atoms with E-state index in [-0.39, 0.29) is 5.91 Å². The summed E-state index contributed by atoms with van der Waals surface area (Å²) in [5.41, 5.74) is 6.92. The van der Waals surface area contributed by atoms with Crippen molar-refractivity contribution in [3.05, 3.63) is 23.8 Å². The van der Waals surface area contributed by atoms with E-state index in [1.54, 1.807) is 25.3 Å². The first-order valence-electron chi connectivity index (χ1n) is 6.75. The Bertz CT molecular complexity index is 432. The topological polar surface area (TPSA) is 55.6 Å². The maximum atomic E-state index is 12.5. The lowest BCUT2D eigenvalue weighted by Crippen LogP contribution is -2.34. The summed E-state index contributed by atoms with van der Waals surface area (Å²) in [4.78, 5) is 14.3. The Hall–Kier alpha value is -1.71. The minimum Gasteiger partial charge on any atom is -0.497 e. The average molecular weight is 264 g/mol. The van der Waals surface area contributed by atoms with Gasteiger partial charge in [-0.15, -0.1) is 0 Å². The Morgan fingerprint density at radius 1 is 1.37 bits per heavy atom. The quantitative estimate of drug-likeness (QED) is 0.804. The summed E-state index contributed by atoms with van der Waals surface area (Å²) in [5, 5.41) is 0. The molecule has 0 aliphatic heterocycles. The number of nitrogens with two attached hydrogens (primary N) is 1. The van der Waals surface area contributed by atoms with E-state index in [0.717, 1.165) is 13.0 Å². The number of nitrogen functional groups attached to an aromatic ring is 1. The van der Waals surface area contributed by atoms with Crippen LogP contribution in [0.1, 0.15) is 37.6 Å². The van der Waals surface area contributed by atoms with Gasteiger partial charge in [0.1, 0.15) is 5.75 Å². The number of nitrogens with zero attached hydrogens (tertiary/aromatic N) is 1. The molecule has 0 saturated heterocycles. The fraction of sp³-hybridized carbons (Fsp3) is 0.533. The van der Waals surface area contributed by atoms with Gasteiger partial charge in [-0.2, -0.15) is 0 Å².